The van der Waals surface area contributed by atoms with Gasteiger partial charge in [0.1, 0.15) is 0 Å². The third-order valence-corrected chi connectivity index (χ3v) is 4.36. The predicted molar refractivity (Wildman–Crippen MR) is 59.1 cm³/mol. The van der Waals surface area contributed by atoms with Crippen molar-refractivity contribution in [2.24, 2.45) is 0 Å². The molecule has 12 heavy (non-hydrogen) atoms. The van der Waals surface area contributed by atoms with Crippen LogP contribution in [0, 0.1) is 0 Å². The Hall–Kier alpha value is 0.270. The van der Waals surface area contributed by atoms with Gasteiger partial charge in [0.05, 0.1) is 0 Å². The van der Waals surface area contributed by atoms with E-state index in [0.717, 1.165) is 12.1 Å². The normalized spacial score (nSPS) is 35.2. The van der Waals surface area contributed by atoms with Gasteiger partial charge in [0.15, 0.2) is 0 Å². The number of likely N-dealkylation sites (N-methyl/N-ethyl adjacent to an activating group) is 1. The lowest BCUT2D eigenvalue weighted by atomic mass is 10.2. The molecule has 1 aliphatic heterocycles. The second-order valence-corrected chi connectivity index (χ2v) is 6.32. The smallest absolute Gasteiger partial charge is 0.0284 e. The molecule has 0 bridgehead atoms. The number of hydrogen-bond donors (Lipinski definition) is 1. The van der Waals surface area contributed by atoms with Crippen LogP contribution < -0.4 is 0 Å². The van der Waals surface area contributed by atoms with E-state index < -0.39 is 0 Å². The summed E-state index contributed by atoms with van der Waals surface area (Å²) in [5.41, 5.74) is 0. The number of rotatable bonds is 1. The second-order valence-electron chi connectivity index (χ2n) is 4.11. The van der Waals surface area contributed by atoms with Gasteiger partial charge < -0.3 is 4.90 Å². The molecule has 0 radical (unpaired) electrons. The molecule has 3 heteroatoms. The first kappa shape index (κ1) is 10.4. The first-order chi connectivity index (χ1) is 5.52. The SMILES string of the molecule is CC1CN([SH](C)C)C(C)CN1C. The fourth-order valence-electron chi connectivity index (χ4n) is 1.84. The van der Waals surface area contributed by atoms with Crippen LogP contribution >= 0.6 is 11.1 Å². The summed E-state index contributed by atoms with van der Waals surface area (Å²) in [7, 11) is 2.23. The number of nitrogens with zero attached hydrogens (tertiary/aromatic N) is 2. The first-order valence-corrected chi connectivity index (χ1v) is 6.85. The molecule has 1 rings (SSSR count). The van der Waals surface area contributed by atoms with Gasteiger partial charge in [0, 0.05) is 25.2 Å². The standard InChI is InChI=1S/C9H22N2S/c1-8-7-11(12(4)5)9(2)6-10(8)3/h8-9,12H,6-7H2,1-5H3. The van der Waals surface area contributed by atoms with Crippen LogP contribution in [-0.2, 0) is 0 Å². The lowest BCUT2D eigenvalue weighted by Crippen LogP contribution is -2.53. The number of thiol groups is 1. The summed E-state index contributed by atoms with van der Waals surface area (Å²) >= 11 is 0.103. The number of piperazine rings is 1. The summed E-state index contributed by atoms with van der Waals surface area (Å²) in [5, 5.41) is 0. The molecule has 0 aliphatic carbocycles. The molecule has 1 fully saturated rings. The lowest BCUT2D eigenvalue weighted by molar-refractivity contribution is 0.125. The molecule has 0 amide bonds. The van der Waals surface area contributed by atoms with E-state index >= 15 is 0 Å². The highest BCUT2D eigenvalue weighted by Crippen LogP contribution is 2.28. The molecule has 2 atom stereocenters. The van der Waals surface area contributed by atoms with E-state index in [0.29, 0.717) is 0 Å². The maximum atomic E-state index is 2.65. The summed E-state index contributed by atoms with van der Waals surface area (Å²) in [6, 6.07) is 1.47. The minimum Gasteiger partial charge on any atom is -0.301 e. The van der Waals surface area contributed by atoms with Crippen LogP contribution in [0.25, 0.3) is 0 Å². The van der Waals surface area contributed by atoms with Crippen molar-refractivity contribution in [3.63, 3.8) is 0 Å². The Morgan fingerprint density at radius 1 is 1.08 bits per heavy atom. The quantitative estimate of drug-likeness (QED) is 0.621. The molecule has 74 valence electrons. The van der Waals surface area contributed by atoms with Crippen molar-refractivity contribution in [1.29, 1.82) is 0 Å². The fourth-order valence-corrected chi connectivity index (χ4v) is 3.26. The lowest BCUT2D eigenvalue weighted by Gasteiger charge is -2.45. The first-order valence-electron chi connectivity index (χ1n) is 4.66. The third-order valence-electron chi connectivity index (χ3n) is 2.78. The molecule has 1 heterocycles. The van der Waals surface area contributed by atoms with Crippen molar-refractivity contribution < 1.29 is 0 Å². The van der Waals surface area contributed by atoms with E-state index in [1.54, 1.807) is 0 Å². The average Bonchev–Trinajstić information content (AvgIpc) is 1.96. The van der Waals surface area contributed by atoms with Gasteiger partial charge in [-0.05, 0) is 33.4 Å². The zero-order chi connectivity index (χ0) is 9.30. The van der Waals surface area contributed by atoms with Gasteiger partial charge in [-0.3, -0.25) is 4.31 Å². The highest BCUT2D eigenvalue weighted by atomic mass is 32.2. The van der Waals surface area contributed by atoms with Crippen molar-refractivity contribution in [2.75, 3.05) is 32.6 Å². The number of hydrogen-bond acceptors (Lipinski definition) is 2. The van der Waals surface area contributed by atoms with E-state index in [1.165, 1.54) is 13.1 Å². The van der Waals surface area contributed by atoms with Gasteiger partial charge >= 0.3 is 0 Å². The van der Waals surface area contributed by atoms with E-state index in [-0.39, 0.29) is 11.1 Å². The largest absolute Gasteiger partial charge is 0.301 e. The van der Waals surface area contributed by atoms with Crippen molar-refractivity contribution in [3.05, 3.63) is 0 Å². The zero-order valence-corrected chi connectivity index (χ0v) is 9.80. The molecule has 0 saturated carbocycles. The van der Waals surface area contributed by atoms with E-state index in [1.807, 2.05) is 0 Å². The molecular formula is C9H22N2S. The van der Waals surface area contributed by atoms with Crippen molar-refractivity contribution in [1.82, 2.24) is 9.21 Å². The van der Waals surface area contributed by atoms with Crippen molar-refractivity contribution in [3.8, 4) is 0 Å². The Balaban J connectivity index is 2.55. The second kappa shape index (κ2) is 3.99. The Bertz CT molecular complexity index is 149. The van der Waals surface area contributed by atoms with Gasteiger partial charge in [-0.2, -0.15) is 0 Å². The summed E-state index contributed by atoms with van der Waals surface area (Å²) in [5.74, 6) is 0. The fraction of sp³-hybridized carbons (Fsp3) is 1.00. The van der Waals surface area contributed by atoms with Gasteiger partial charge in [-0.15, -0.1) is 0 Å². The molecule has 1 aliphatic rings. The Kier molecular flexibility index (Phi) is 3.44. The van der Waals surface area contributed by atoms with Crippen LogP contribution in [0.1, 0.15) is 13.8 Å². The predicted octanol–water partition coefficient (Wildman–Crippen LogP) is 1.19. The molecular weight excluding hydrogens is 168 g/mol. The van der Waals surface area contributed by atoms with Crippen LogP contribution in [0.15, 0.2) is 0 Å². The van der Waals surface area contributed by atoms with Gasteiger partial charge in [0.25, 0.3) is 0 Å². The molecule has 2 nitrogen and oxygen atoms in total. The van der Waals surface area contributed by atoms with Crippen molar-refractivity contribution in [2.45, 2.75) is 25.9 Å². The Morgan fingerprint density at radius 3 is 2.17 bits per heavy atom. The highest BCUT2D eigenvalue weighted by molar-refractivity contribution is 8.13. The molecule has 0 spiro atoms. The maximum Gasteiger partial charge on any atom is 0.0284 e. The van der Waals surface area contributed by atoms with Crippen molar-refractivity contribution >= 4 is 11.1 Å². The molecule has 2 unspecified atom stereocenters. The van der Waals surface area contributed by atoms with E-state index in [4.69, 9.17) is 0 Å². The molecule has 0 aromatic rings. The Labute approximate surface area is 79.4 Å². The topological polar surface area (TPSA) is 6.48 Å². The van der Waals surface area contributed by atoms with Crippen LogP contribution in [0.5, 0.6) is 0 Å². The highest BCUT2D eigenvalue weighted by Gasteiger charge is 2.26. The van der Waals surface area contributed by atoms with Crippen LogP contribution in [0.2, 0.25) is 0 Å². The van der Waals surface area contributed by atoms with E-state index in [2.05, 4.69) is 42.6 Å². The molecule has 0 N–H and O–H groups in total. The van der Waals surface area contributed by atoms with Gasteiger partial charge in [0.2, 0.25) is 0 Å². The van der Waals surface area contributed by atoms with E-state index in [9.17, 15) is 0 Å². The van der Waals surface area contributed by atoms with Crippen LogP contribution in [-0.4, -0.2) is 53.9 Å². The molecule has 0 aromatic heterocycles. The molecule has 0 aromatic carbocycles. The minimum atomic E-state index is 0.103. The summed E-state index contributed by atoms with van der Waals surface area (Å²) in [6.07, 6.45) is 4.70. The van der Waals surface area contributed by atoms with Crippen LogP contribution in [0.4, 0.5) is 0 Å². The molecule has 1 saturated heterocycles. The summed E-state index contributed by atoms with van der Waals surface area (Å²) in [6.45, 7) is 7.13. The summed E-state index contributed by atoms with van der Waals surface area (Å²) < 4.78 is 2.65. The monoisotopic (exact) mass is 190 g/mol. The maximum absolute atomic E-state index is 2.65. The van der Waals surface area contributed by atoms with Crippen LogP contribution in [0.3, 0.4) is 0 Å². The zero-order valence-electron chi connectivity index (χ0n) is 8.91. The van der Waals surface area contributed by atoms with Gasteiger partial charge in [-0.25, -0.2) is 11.1 Å². The third kappa shape index (κ3) is 2.15. The summed E-state index contributed by atoms with van der Waals surface area (Å²) in [4.78, 5) is 2.46. The average molecular weight is 190 g/mol. The minimum absolute atomic E-state index is 0.103. The van der Waals surface area contributed by atoms with Gasteiger partial charge in [-0.1, -0.05) is 0 Å². The Morgan fingerprint density at radius 2 is 1.67 bits per heavy atom.